The van der Waals surface area contributed by atoms with Gasteiger partial charge in [-0.1, -0.05) is 27.7 Å². The number of carboxylic acid groups (broad SMARTS) is 1. The largest absolute Gasteiger partial charge is 0.548 e. The second-order valence-corrected chi connectivity index (χ2v) is 4.54. The lowest BCUT2D eigenvalue weighted by Crippen LogP contribution is -2.71. The first-order valence-corrected chi connectivity index (χ1v) is 5.65. The van der Waals surface area contributed by atoms with Crippen LogP contribution in [0.15, 0.2) is 0 Å². The predicted octanol–water partition coefficient (Wildman–Crippen LogP) is -1.47. The number of amides is 1. The molecule has 0 unspecified atom stereocenters. The van der Waals surface area contributed by atoms with E-state index < -0.39 is 18.1 Å². The number of carbonyl (C=O) groups excluding carboxylic acids is 2. The first kappa shape index (κ1) is 14.9. The van der Waals surface area contributed by atoms with Gasteiger partial charge in [0.2, 0.25) is 0 Å². The smallest absolute Gasteiger partial charge is 0.278 e. The van der Waals surface area contributed by atoms with Crippen molar-refractivity contribution in [2.24, 2.45) is 11.8 Å². The first-order chi connectivity index (χ1) is 7.31. The van der Waals surface area contributed by atoms with Crippen LogP contribution in [0, 0.1) is 11.8 Å². The van der Waals surface area contributed by atoms with E-state index in [1.807, 2.05) is 13.8 Å². The molecule has 0 radical (unpaired) electrons. The van der Waals surface area contributed by atoms with Gasteiger partial charge >= 0.3 is 0 Å². The van der Waals surface area contributed by atoms with Crippen LogP contribution in [0.5, 0.6) is 0 Å². The number of nitrogens with one attached hydrogen (secondary N) is 1. The summed E-state index contributed by atoms with van der Waals surface area (Å²) in [7, 11) is 0. The third-order valence-electron chi connectivity index (χ3n) is 2.89. The molecule has 0 aromatic rings. The molecule has 0 saturated carbocycles. The molecule has 1 amide bonds. The molecule has 0 aliphatic carbocycles. The highest BCUT2D eigenvalue weighted by Gasteiger charge is 2.26. The van der Waals surface area contributed by atoms with Gasteiger partial charge in [-0.2, -0.15) is 0 Å². The van der Waals surface area contributed by atoms with Crippen molar-refractivity contribution in [3.63, 3.8) is 0 Å². The molecule has 0 aliphatic heterocycles. The molecule has 94 valence electrons. The van der Waals surface area contributed by atoms with E-state index in [2.05, 4.69) is 11.1 Å². The van der Waals surface area contributed by atoms with Gasteiger partial charge < -0.3 is 21.0 Å². The minimum absolute atomic E-state index is 0.134. The van der Waals surface area contributed by atoms with Gasteiger partial charge in [0.05, 0.1) is 12.0 Å². The molecule has 5 heteroatoms. The van der Waals surface area contributed by atoms with Gasteiger partial charge in [-0.3, -0.25) is 4.79 Å². The summed E-state index contributed by atoms with van der Waals surface area (Å²) in [5, 5.41) is 13.3. The fourth-order valence-electron chi connectivity index (χ4n) is 1.30. The Morgan fingerprint density at radius 2 is 1.81 bits per heavy atom. The van der Waals surface area contributed by atoms with Crippen LogP contribution in [0.2, 0.25) is 0 Å². The van der Waals surface area contributed by atoms with Gasteiger partial charge in [-0.25, -0.2) is 0 Å². The fourth-order valence-corrected chi connectivity index (χ4v) is 1.30. The van der Waals surface area contributed by atoms with Crippen molar-refractivity contribution in [3.8, 4) is 0 Å². The monoisotopic (exact) mass is 230 g/mol. The fraction of sp³-hybridized carbons (Fsp3) is 0.818. The quantitative estimate of drug-likeness (QED) is 0.583. The first-order valence-electron chi connectivity index (χ1n) is 5.65. The Labute approximate surface area is 96.4 Å². The highest BCUT2D eigenvalue weighted by atomic mass is 16.4. The van der Waals surface area contributed by atoms with Crippen LogP contribution in [0.3, 0.4) is 0 Å². The number of aliphatic carboxylic acids is 1. The zero-order valence-electron chi connectivity index (χ0n) is 10.4. The van der Waals surface area contributed by atoms with Crippen molar-refractivity contribution in [1.82, 2.24) is 5.32 Å². The Morgan fingerprint density at radius 3 is 2.12 bits per heavy atom. The van der Waals surface area contributed by atoms with E-state index in [1.165, 1.54) is 0 Å². The van der Waals surface area contributed by atoms with Gasteiger partial charge in [-0.15, -0.1) is 0 Å². The molecule has 5 nitrogen and oxygen atoms in total. The normalized spacial score (nSPS) is 16.6. The summed E-state index contributed by atoms with van der Waals surface area (Å²) in [4.78, 5) is 22.5. The van der Waals surface area contributed by atoms with Gasteiger partial charge in [0, 0.05) is 5.92 Å². The number of hydrogen-bond acceptors (Lipinski definition) is 3. The average molecular weight is 230 g/mol. The lowest BCUT2D eigenvalue weighted by molar-refractivity contribution is -0.415. The van der Waals surface area contributed by atoms with E-state index in [4.69, 9.17) is 0 Å². The SMILES string of the molecule is CC[C@H](C)[C@H]([NH3+])C(=O)N[C@H](C(=O)[O-])C(C)C. The van der Waals surface area contributed by atoms with Crippen molar-refractivity contribution < 1.29 is 20.4 Å². The third-order valence-corrected chi connectivity index (χ3v) is 2.89. The molecule has 0 fully saturated rings. The topological polar surface area (TPSA) is 96.9 Å². The lowest BCUT2D eigenvalue weighted by Gasteiger charge is -2.25. The molecule has 0 heterocycles. The van der Waals surface area contributed by atoms with Crippen LogP contribution < -0.4 is 16.2 Å². The number of carbonyl (C=O) groups is 2. The van der Waals surface area contributed by atoms with Gasteiger partial charge in [0.1, 0.15) is 0 Å². The van der Waals surface area contributed by atoms with Crippen LogP contribution in [-0.4, -0.2) is 24.0 Å². The van der Waals surface area contributed by atoms with Crippen LogP contribution in [-0.2, 0) is 9.59 Å². The van der Waals surface area contributed by atoms with Gasteiger partial charge in [-0.05, 0) is 12.3 Å². The van der Waals surface area contributed by atoms with Crippen molar-refractivity contribution >= 4 is 11.9 Å². The molecule has 4 N–H and O–H groups in total. The van der Waals surface area contributed by atoms with E-state index in [0.29, 0.717) is 0 Å². The molecule has 0 aliphatic rings. The van der Waals surface area contributed by atoms with Crippen LogP contribution in [0.25, 0.3) is 0 Å². The van der Waals surface area contributed by atoms with Crippen molar-refractivity contribution in [3.05, 3.63) is 0 Å². The molecule has 0 saturated heterocycles. The minimum Gasteiger partial charge on any atom is -0.548 e. The minimum atomic E-state index is -1.25. The van der Waals surface area contributed by atoms with Crippen molar-refractivity contribution in [2.45, 2.75) is 46.2 Å². The maximum atomic E-state index is 11.7. The molecule has 0 spiro atoms. The van der Waals surface area contributed by atoms with Crippen molar-refractivity contribution in [1.29, 1.82) is 0 Å². The molecule has 0 bridgehead atoms. The van der Waals surface area contributed by atoms with E-state index in [9.17, 15) is 14.7 Å². The van der Waals surface area contributed by atoms with Crippen LogP contribution >= 0.6 is 0 Å². The van der Waals surface area contributed by atoms with E-state index >= 15 is 0 Å². The Balaban J connectivity index is 4.46. The number of hydrogen-bond donors (Lipinski definition) is 2. The Morgan fingerprint density at radius 1 is 1.31 bits per heavy atom. The summed E-state index contributed by atoms with van der Waals surface area (Å²) in [5.41, 5.74) is 3.76. The number of rotatable bonds is 6. The molecule has 3 atom stereocenters. The van der Waals surface area contributed by atoms with E-state index in [0.717, 1.165) is 6.42 Å². The zero-order chi connectivity index (χ0) is 12.9. The number of carboxylic acids is 1. The molecular formula is C11H22N2O3. The highest BCUT2D eigenvalue weighted by molar-refractivity contribution is 5.85. The second kappa shape index (κ2) is 6.48. The number of quaternary nitrogens is 1. The van der Waals surface area contributed by atoms with Crippen LogP contribution in [0.4, 0.5) is 0 Å². The van der Waals surface area contributed by atoms with E-state index in [1.54, 1.807) is 13.8 Å². The Bertz CT molecular complexity index is 254. The summed E-state index contributed by atoms with van der Waals surface area (Å²) in [6.07, 6.45) is 0.833. The highest BCUT2D eigenvalue weighted by Crippen LogP contribution is 2.06. The summed E-state index contributed by atoms with van der Waals surface area (Å²) in [5.74, 6) is -1.63. The molecule has 0 aromatic heterocycles. The molecule has 16 heavy (non-hydrogen) atoms. The maximum absolute atomic E-state index is 11.7. The average Bonchev–Trinajstić information content (AvgIpc) is 2.22. The zero-order valence-corrected chi connectivity index (χ0v) is 10.4. The maximum Gasteiger partial charge on any atom is 0.278 e. The third kappa shape index (κ3) is 4.18. The standard InChI is InChI=1S/C11H22N2O3/c1-5-7(4)8(12)10(14)13-9(6(2)3)11(15)16/h6-9H,5,12H2,1-4H3,(H,13,14)(H,15,16)/t7-,8-,9-/m0/s1. The predicted molar refractivity (Wildman–Crippen MR) is 57.9 cm³/mol. The molecule has 0 aromatic carbocycles. The van der Waals surface area contributed by atoms with Crippen LogP contribution in [0.1, 0.15) is 34.1 Å². The Hall–Kier alpha value is -1.10. The summed E-state index contributed by atoms with van der Waals surface area (Å²) in [6, 6.07) is -1.37. The van der Waals surface area contributed by atoms with E-state index in [-0.39, 0.29) is 17.7 Å². The summed E-state index contributed by atoms with van der Waals surface area (Å²) < 4.78 is 0. The molecular weight excluding hydrogens is 208 g/mol. The second-order valence-electron chi connectivity index (χ2n) is 4.54. The lowest BCUT2D eigenvalue weighted by atomic mass is 9.98. The summed E-state index contributed by atoms with van der Waals surface area (Å²) >= 11 is 0. The molecule has 0 rings (SSSR count). The van der Waals surface area contributed by atoms with Crippen molar-refractivity contribution in [2.75, 3.05) is 0 Å². The van der Waals surface area contributed by atoms with Gasteiger partial charge in [0.15, 0.2) is 6.04 Å². The Kier molecular flexibility index (Phi) is 6.03. The summed E-state index contributed by atoms with van der Waals surface area (Å²) in [6.45, 7) is 7.33. The van der Waals surface area contributed by atoms with Gasteiger partial charge in [0.25, 0.3) is 5.91 Å².